The van der Waals surface area contributed by atoms with Gasteiger partial charge < -0.3 is 10.1 Å². The fourth-order valence-corrected chi connectivity index (χ4v) is 5.83. The van der Waals surface area contributed by atoms with Crippen molar-refractivity contribution >= 4 is 33.1 Å². The Hall–Kier alpha value is -3.74. The highest BCUT2D eigenvalue weighted by molar-refractivity contribution is 7.19. The van der Waals surface area contributed by atoms with Gasteiger partial charge in [0.1, 0.15) is 16.9 Å². The van der Waals surface area contributed by atoms with Crippen molar-refractivity contribution in [2.45, 2.75) is 46.7 Å². The molecule has 1 atom stereocenters. The van der Waals surface area contributed by atoms with E-state index in [1.54, 1.807) is 33.1 Å². The van der Waals surface area contributed by atoms with E-state index in [4.69, 9.17) is 4.98 Å². The molecule has 0 bridgehead atoms. The van der Waals surface area contributed by atoms with E-state index >= 15 is 0 Å². The van der Waals surface area contributed by atoms with E-state index in [9.17, 15) is 10.1 Å². The van der Waals surface area contributed by atoms with Crippen molar-refractivity contribution in [3.05, 3.63) is 45.5 Å². The average molecular weight is 479 g/mol. The quantitative estimate of drug-likeness (QED) is 0.283. The van der Waals surface area contributed by atoms with Crippen LogP contribution < -0.4 is 0 Å². The first-order chi connectivity index (χ1) is 16.3. The van der Waals surface area contributed by atoms with Gasteiger partial charge in [-0.2, -0.15) is 9.78 Å². The van der Waals surface area contributed by atoms with Crippen LogP contribution in [-0.2, 0) is 19.5 Å². The summed E-state index contributed by atoms with van der Waals surface area (Å²) >= 11 is 1.77. The molecule has 34 heavy (non-hydrogen) atoms. The fourth-order valence-electron chi connectivity index (χ4n) is 4.57. The van der Waals surface area contributed by atoms with Gasteiger partial charge in [-0.1, -0.05) is 25.8 Å². The number of aromatic nitrogens is 9. The van der Waals surface area contributed by atoms with E-state index in [1.807, 2.05) is 6.07 Å². The van der Waals surface area contributed by atoms with Gasteiger partial charge in [-0.05, 0) is 47.1 Å². The van der Waals surface area contributed by atoms with Crippen LogP contribution in [0.25, 0.3) is 27.4 Å². The molecule has 0 aliphatic heterocycles. The van der Waals surface area contributed by atoms with Crippen molar-refractivity contribution in [3.8, 4) is 11.5 Å². The van der Waals surface area contributed by atoms with Gasteiger partial charge in [-0.3, -0.25) is 0 Å². The third kappa shape index (κ3) is 3.43. The molecular formula is C21H22N10O2S. The fraction of sp³-hybridized carbons (Fsp3) is 0.429. The Morgan fingerprint density at radius 2 is 2.03 bits per heavy atom. The molecule has 1 unspecified atom stereocenters. The lowest BCUT2D eigenvalue weighted by Crippen LogP contribution is -2.26. The maximum absolute atomic E-state index is 10.8. The van der Waals surface area contributed by atoms with E-state index in [0.29, 0.717) is 17.4 Å². The summed E-state index contributed by atoms with van der Waals surface area (Å²) in [7, 11) is 0. The maximum atomic E-state index is 10.8. The smallest absolute Gasteiger partial charge is 0.390 e. The van der Waals surface area contributed by atoms with Crippen molar-refractivity contribution in [3.63, 3.8) is 0 Å². The minimum atomic E-state index is -0.632. The Balaban J connectivity index is 1.33. The van der Waals surface area contributed by atoms with Gasteiger partial charge in [0.15, 0.2) is 12.3 Å². The first kappa shape index (κ1) is 20.8. The average Bonchev–Trinajstić information content (AvgIpc) is 3.56. The molecular weight excluding hydrogens is 456 g/mol. The van der Waals surface area contributed by atoms with Crippen LogP contribution in [0.4, 0.5) is 5.95 Å². The Morgan fingerprint density at radius 1 is 1.18 bits per heavy atom. The molecule has 6 rings (SSSR count). The first-order valence-electron chi connectivity index (χ1n) is 11.0. The van der Waals surface area contributed by atoms with Crippen LogP contribution in [-0.4, -0.2) is 49.1 Å². The lowest BCUT2D eigenvalue weighted by Gasteiger charge is -2.33. The van der Waals surface area contributed by atoms with Gasteiger partial charge in [-0.15, -0.1) is 16.4 Å². The third-order valence-electron chi connectivity index (χ3n) is 6.46. The highest BCUT2D eigenvalue weighted by Gasteiger charge is 2.32. The lowest BCUT2D eigenvalue weighted by atomic mass is 9.72. The molecule has 5 aromatic rings. The number of thiophene rings is 1. The molecule has 1 aliphatic rings. The van der Waals surface area contributed by atoms with E-state index in [-0.39, 0.29) is 12.1 Å². The zero-order valence-corrected chi connectivity index (χ0v) is 19.7. The Labute approximate surface area is 197 Å². The number of hydrogen-bond acceptors (Lipinski definition) is 9. The molecule has 0 amide bonds. The second kappa shape index (κ2) is 7.38. The topological polar surface area (TPSA) is 135 Å². The summed E-state index contributed by atoms with van der Waals surface area (Å²) in [5.41, 5.74) is 3.04. The maximum Gasteiger partial charge on any atom is 0.491 e. The van der Waals surface area contributed by atoms with Crippen molar-refractivity contribution in [2.24, 2.45) is 11.3 Å². The zero-order valence-electron chi connectivity index (χ0n) is 18.9. The Morgan fingerprint density at radius 3 is 2.79 bits per heavy atom. The van der Waals surface area contributed by atoms with Crippen LogP contribution in [0.1, 0.15) is 37.6 Å². The number of nitrogens with zero attached hydrogens (tertiary/aromatic N) is 10. The lowest BCUT2D eigenvalue weighted by molar-refractivity contribution is -0.394. The summed E-state index contributed by atoms with van der Waals surface area (Å²) in [4.78, 5) is 25.7. The number of aryl methyl sites for hydroxylation is 1. The molecule has 0 fully saturated rings. The summed E-state index contributed by atoms with van der Waals surface area (Å²) in [5.74, 6) is 0.715. The molecule has 5 aromatic heterocycles. The van der Waals surface area contributed by atoms with Crippen LogP contribution >= 0.6 is 11.3 Å². The van der Waals surface area contributed by atoms with Gasteiger partial charge in [0.05, 0.1) is 5.39 Å². The van der Waals surface area contributed by atoms with Gasteiger partial charge >= 0.3 is 5.95 Å². The monoisotopic (exact) mass is 478 g/mol. The SMILES string of the molecule is CC(C)(C)C1CCc2c(sc3ncn4nc(-c5ccn(Cn6cnc([N+](=O)[O-])n6)n5)nc4c23)C1. The van der Waals surface area contributed by atoms with Crippen molar-refractivity contribution in [2.75, 3.05) is 0 Å². The summed E-state index contributed by atoms with van der Waals surface area (Å²) < 4.78 is 4.68. The summed E-state index contributed by atoms with van der Waals surface area (Å²) in [6.07, 6.45) is 8.03. The summed E-state index contributed by atoms with van der Waals surface area (Å²) in [5, 5.41) is 24.8. The molecule has 0 aromatic carbocycles. The standard InChI is InChI=1S/C21H22N10O2S/c1-21(2,3)12-4-5-13-15(8-12)34-19-16(13)18-24-17(26-30(18)10-22-19)14-6-7-28(25-14)11-29-9-23-20(27-29)31(32)33/h6-7,9-10,12H,4-5,8,11H2,1-3H3. The molecule has 13 heteroatoms. The van der Waals surface area contributed by atoms with Crippen molar-refractivity contribution in [1.29, 1.82) is 0 Å². The molecule has 0 radical (unpaired) electrons. The van der Waals surface area contributed by atoms with E-state index in [2.05, 4.69) is 46.0 Å². The van der Waals surface area contributed by atoms with Gasteiger partial charge in [-0.25, -0.2) is 19.2 Å². The van der Waals surface area contributed by atoms with Crippen LogP contribution in [0, 0.1) is 21.4 Å². The minimum Gasteiger partial charge on any atom is -0.390 e. The van der Waals surface area contributed by atoms with E-state index < -0.39 is 10.9 Å². The van der Waals surface area contributed by atoms with E-state index in [1.165, 1.54) is 21.4 Å². The van der Waals surface area contributed by atoms with Gasteiger partial charge in [0.25, 0.3) is 0 Å². The van der Waals surface area contributed by atoms with Gasteiger partial charge in [0.2, 0.25) is 12.2 Å². The van der Waals surface area contributed by atoms with Crippen molar-refractivity contribution < 1.29 is 4.92 Å². The second-order valence-electron chi connectivity index (χ2n) is 9.66. The second-order valence-corrected chi connectivity index (χ2v) is 10.7. The highest BCUT2D eigenvalue weighted by Crippen LogP contribution is 2.43. The summed E-state index contributed by atoms with van der Waals surface area (Å²) in [6, 6.07) is 1.81. The molecule has 0 saturated heterocycles. The van der Waals surface area contributed by atoms with Crippen LogP contribution in [0.5, 0.6) is 0 Å². The number of hydrogen-bond donors (Lipinski definition) is 0. The predicted octanol–water partition coefficient (Wildman–Crippen LogP) is 3.36. The highest BCUT2D eigenvalue weighted by atomic mass is 32.1. The van der Waals surface area contributed by atoms with Gasteiger partial charge in [0, 0.05) is 16.2 Å². The molecule has 1 aliphatic carbocycles. The molecule has 0 N–H and O–H groups in total. The number of nitro groups is 1. The van der Waals surface area contributed by atoms with E-state index in [0.717, 1.165) is 35.1 Å². The first-order valence-corrected chi connectivity index (χ1v) is 11.8. The molecule has 5 heterocycles. The van der Waals surface area contributed by atoms with Crippen LogP contribution in [0.15, 0.2) is 24.9 Å². The zero-order chi connectivity index (χ0) is 23.6. The predicted molar refractivity (Wildman–Crippen MR) is 124 cm³/mol. The Bertz CT molecular complexity index is 1550. The number of rotatable bonds is 4. The molecule has 0 spiro atoms. The number of fused-ring (bicyclic) bond motifs is 5. The third-order valence-corrected chi connectivity index (χ3v) is 7.62. The van der Waals surface area contributed by atoms with Crippen molar-refractivity contribution in [1.82, 2.24) is 44.1 Å². The summed E-state index contributed by atoms with van der Waals surface area (Å²) in [6.45, 7) is 7.15. The molecule has 12 nitrogen and oxygen atoms in total. The molecule has 174 valence electrons. The minimum absolute atomic E-state index is 0.187. The normalized spacial score (nSPS) is 16.4. The largest absolute Gasteiger partial charge is 0.491 e. The molecule has 0 saturated carbocycles. The van der Waals surface area contributed by atoms with Crippen LogP contribution in [0.2, 0.25) is 0 Å². The Kier molecular flexibility index (Phi) is 4.52. The van der Waals surface area contributed by atoms with Crippen LogP contribution in [0.3, 0.4) is 0 Å².